The molecule has 4 heteroatoms. The van der Waals surface area contributed by atoms with Gasteiger partial charge < -0.3 is 14.9 Å². The third-order valence-electron chi connectivity index (χ3n) is 2.89. The van der Waals surface area contributed by atoms with Crippen molar-refractivity contribution in [2.75, 3.05) is 12.9 Å². The van der Waals surface area contributed by atoms with Gasteiger partial charge in [0.05, 0.1) is 13.2 Å². The fourth-order valence-electron chi connectivity index (χ4n) is 1.85. The Hall–Kier alpha value is -0.710. The second-order valence-electron chi connectivity index (χ2n) is 4.20. The molecule has 0 fully saturated rings. The highest BCUT2D eigenvalue weighted by Gasteiger charge is 2.20. The Kier molecular flexibility index (Phi) is 5.31. The molecule has 2 N–H and O–H groups in total. The van der Waals surface area contributed by atoms with Crippen molar-refractivity contribution in [1.82, 2.24) is 0 Å². The number of hydrogen-bond acceptors (Lipinski definition) is 4. The Morgan fingerprint density at radius 2 is 1.88 bits per heavy atom. The van der Waals surface area contributed by atoms with Crippen molar-refractivity contribution in [3.63, 3.8) is 0 Å². The maximum absolute atomic E-state index is 10.1. The Bertz CT molecular complexity index is 379. The van der Waals surface area contributed by atoms with Crippen LogP contribution in [-0.2, 0) is 0 Å². The van der Waals surface area contributed by atoms with Crippen molar-refractivity contribution in [2.24, 2.45) is 0 Å². The van der Waals surface area contributed by atoms with Crippen LogP contribution in [0.5, 0.6) is 5.75 Å². The third kappa shape index (κ3) is 3.37. The first kappa shape index (κ1) is 14.4. The molecule has 0 aromatic heterocycles. The minimum Gasteiger partial charge on any atom is -0.496 e. The molecule has 0 saturated heterocycles. The average molecular weight is 256 g/mol. The van der Waals surface area contributed by atoms with Crippen LogP contribution in [0.4, 0.5) is 0 Å². The molecule has 0 aliphatic carbocycles. The van der Waals surface area contributed by atoms with E-state index < -0.39 is 12.2 Å². The molecule has 1 aromatic carbocycles. The number of rotatable bonds is 5. The Morgan fingerprint density at radius 1 is 1.24 bits per heavy atom. The van der Waals surface area contributed by atoms with Crippen molar-refractivity contribution >= 4 is 12.6 Å². The van der Waals surface area contributed by atoms with Gasteiger partial charge in [-0.15, -0.1) is 0 Å². The molecule has 0 radical (unpaired) electrons. The Labute approximate surface area is 108 Å². The summed E-state index contributed by atoms with van der Waals surface area (Å²) < 4.78 is 5.21. The van der Waals surface area contributed by atoms with E-state index in [-0.39, 0.29) is 0 Å². The van der Waals surface area contributed by atoms with Crippen molar-refractivity contribution in [1.29, 1.82) is 0 Å². The lowest BCUT2D eigenvalue weighted by Crippen LogP contribution is -2.19. The van der Waals surface area contributed by atoms with Gasteiger partial charge in [0.25, 0.3) is 0 Å². The zero-order chi connectivity index (χ0) is 13.0. The lowest BCUT2D eigenvalue weighted by atomic mass is 9.96. The third-order valence-corrected chi connectivity index (χ3v) is 3.15. The van der Waals surface area contributed by atoms with E-state index in [1.54, 1.807) is 7.11 Å². The predicted octanol–water partition coefficient (Wildman–Crippen LogP) is 2.03. The van der Waals surface area contributed by atoms with Gasteiger partial charge in [-0.2, -0.15) is 12.6 Å². The first-order chi connectivity index (χ1) is 8.01. The number of ether oxygens (including phenoxy) is 1. The molecule has 0 heterocycles. The van der Waals surface area contributed by atoms with E-state index in [4.69, 9.17) is 4.74 Å². The first-order valence-corrected chi connectivity index (χ1v) is 6.26. The number of benzene rings is 1. The number of aliphatic hydroxyl groups excluding tert-OH is 2. The van der Waals surface area contributed by atoms with Crippen LogP contribution in [0.2, 0.25) is 0 Å². The summed E-state index contributed by atoms with van der Waals surface area (Å²) in [5.41, 5.74) is 2.61. The van der Waals surface area contributed by atoms with Crippen molar-refractivity contribution in [3.05, 3.63) is 28.8 Å². The van der Waals surface area contributed by atoms with Gasteiger partial charge in [-0.3, -0.25) is 0 Å². The van der Waals surface area contributed by atoms with E-state index in [2.05, 4.69) is 12.6 Å². The van der Waals surface area contributed by atoms with Crippen LogP contribution in [0.1, 0.15) is 29.2 Å². The number of hydrogen-bond donors (Lipinski definition) is 3. The molecule has 0 saturated carbocycles. The SMILES string of the molecule is COc1cc(C)c(C(O)C(O)CCS)cc1C. The number of aliphatic hydroxyl groups is 2. The molecule has 2 unspecified atom stereocenters. The second-order valence-corrected chi connectivity index (χ2v) is 4.65. The van der Waals surface area contributed by atoms with E-state index in [1.807, 2.05) is 26.0 Å². The Morgan fingerprint density at radius 3 is 2.41 bits per heavy atom. The standard InChI is InChI=1S/C13H20O3S/c1-8-7-12(16-3)9(2)6-10(8)13(15)11(14)4-5-17/h6-7,11,13-15,17H,4-5H2,1-3H3. The molecule has 0 bridgehead atoms. The monoisotopic (exact) mass is 256 g/mol. The molecule has 96 valence electrons. The summed E-state index contributed by atoms with van der Waals surface area (Å²) in [6, 6.07) is 3.74. The summed E-state index contributed by atoms with van der Waals surface area (Å²) in [6.07, 6.45) is -1.18. The lowest BCUT2D eigenvalue weighted by Gasteiger charge is -2.20. The van der Waals surface area contributed by atoms with Crippen LogP contribution >= 0.6 is 12.6 Å². The summed E-state index contributed by atoms with van der Waals surface area (Å²) >= 11 is 4.05. The van der Waals surface area contributed by atoms with Gasteiger partial charge in [-0.1, -0.05) is 0 Å². The summed E-state index contributed by atoms with van der Waals surface area (Å²) in [5, 5.41) is 19.8. The van der Waals surface area contributed by atoms with Crippen LogP contribution in [0.3, 0.4) is 0 Å². The van der Waals surface area contributed by atoms with Gasteiger partial charge >= 0.3 is 0 Å². The van der Waals surface area contributed by atoms with Crippen LogP contribution < -0.4 is 4.74 Å². The van der Waals surface area contributed by atoms with Crippen LogP contribution in [0.25, 0.3) is 0 Å². The first-order valence-electron chi connectivity index (χ1n) is 5.63. The summed E-state index contributed by atoms with van der Waals surface area (Å²) in [5.74, 6) is 1.34. The van der Waals surface area contributed by atoms with E-state index in [9.17, 15) is 10.2 Å². The van der Waals surface area contributed by atoms with Crippen LogP contribution in [0, 0.1) is 13.8 Å². The maximum Gasteiger partial charge on any atom is 0.122 e. The van der Waals surface area contributed by atoms with Gasteiger partial charge in [-0.25, -0.2) is 0 Å². The molecule has 0 amide bonds. The van der Waals surface area contributed by atoms with E-state index in [0.29, 0.717) is 12.2 Å². The molecule has 1 aromatic rings. The van der Waals surface area contributed by atoms with Crippen molar-refractivity contribution < 1.29 is 14.9 Å². The topological polar surface area (TPSA) is 49.7 Å². The van der Waals surface area contributed by atoms with Gasteiger partial charge in [0.1, 0.15) is 11.9 Å². The largest absolute Gasteiger partial charge is 0.496 e. The zero-order valence-electron chi connectivity index (χ0n) is 10.5. The molecule has 3 nitrogen and oxygen atoms in total. The minimum atomic E-state index is -0.869. The van der Waals surface area contributed by atoms with Crippen LogP contribution in [-0.4, -0.2) is 29.2 Å². The summed E-state index contributed by atoms with van der Waals surface area (Å²) in [7, 11) is 1.62. The average Bonchev–Trinajstić information content (AvgIpc) is 2.31. The molecular formula is C13H20O3S. The smallest absolute Gasteiger partial charge is 0.122 e. The van der Waals surface area contributed by atoms with Crippen molar-refractivity contribution in [2.45, 2.75) is 32.5 Å². The zero-order valence-corrected chi connectivity index (χ0v) is 11.4. The van der Waals surface area contributed by atoms with Gasteiger partial charge in [-0.05, 0) is 54.8 Å². The molecule has 17 heavy (non-hydrogen) atoms. The second kappa shape index (κ2) is 6.28. The highest BCUT2D eigenvalue weighted by molar-refractivity contribution is 7.80. The van der Waals surface area contributed by atoms with Gasteiger partial charge in [0.15, 0.2) is 0 Å². The predicted molar refractivity (Wildman–Crippen MR) is 71.9 cm³/mol. The fraction of sp³-hybridized carbons (Fsp3) is 0.538. The minimum absolute atomic E-state index is 0.467. The molecular weight excluding hydrogens is 236 g/mol. The molecule has 0 spiro atoms. The maximum atomic E-state index is 10.1. The Balaban J connectivity index is 3.01. The molecule has 2 atom stereocenters. The number of thiol groups is 1. The van der Waals surface area contributed by atoms with E-state index in [1.165, 1.54) is 0 Å². The van der Waals surface area contributed by atoms with Crippen molar-refractivity contribution in [3.8, 4) is 5.75 Å². The molecule has 0 aliphatic heterocycles. The van der Waals surface area contributed by atoms with Crippen LogP contribution in [0.15, 0.2) is 12.1 Å². The molecule has 0 aliphatic rings. The van der Waals surface area contributed by atoms with Gasteiger partial charge in [0.2, 0.25) is 0 Å². The highest BCUT2D eigenvalue weighted by atomic mass is 32.1. The summed E-state index contributed by atoms with van der Waals surface area (Å²) in [4.78, 5) is 0. The normalized spacial score (nSPS) is 14.5. The van der Waals surface area contributed by atoms with E-state index >= 15 is 0 Å². The lowest BCUT2D eigenvalue weighted by molar-refractivity contribution is 0.0168. The highest BCUT2D eigenvalue weighted by Crippen LogP contribution is 2.28. The molecule has 1 rings (SSSR count). The fourth-order valence-corrected chi connectivity index (χ4v) is 2.11. The quantitative estimate of drug-likeness (QED) is 0.707. The number of aryl methyl sites for hydroxylation is 2. The number of methoxy groups -OCH3 is 1. The van der Waals surface area contributed by atoms with Gasteiger partial charge in [0, 0.05) is 0 Å². The van der Waals surface area contributed by atoms with E-state index in [0.717, 1.165) is 22.4 Å². The summed E-state index contributed by atoms with van der Waals surface area (Å²) in [6.45, 7) is 3.81.